The van der Waals surface area contributed by atoms with Crippen LogP contribution in [0.3, 0.4) is 0 Å². The number of hydrogen-bond acceptors (Lipinski definition) is 7. The van der Waals surface area contributed by atoms with E-state index in [1.54, 1.807) is 61.5 Å². The van der Waals surface area contributed by atoms with E-state index in [1.165, 1.54) is 12.0 Å². The molecule has 1 aliphatic heterocycles. The quantitative estimate of drug-likeness (QED) is 0.355. The minimum atomic E-state index is -0.956. The molecule has 1 saturated heterocycles. The van der Waals surface area contributed by atoms with Gasteiger partial charge in [-0.2, -0.15) is 0 Å². The predicted molar refractivity (Wildman–Crippen MR) is 117 cm³/mol. The molecular formula is C24H22N2O6. The van der Waals surface area contributed by atoms with Gasteiger partial charge in [0, 0.05) is 17.2 Å². The van der Waals surface area contributed by atoms with Crippen LogP contribution in [0.2, 0.25) is 0 Å². The van der Waals surface area contributed by atoms with Crippen LogP contribution < -0.4 is 14.4 Å². The highest BCUT2D eigenvalue weighted by atomic mass is 16.5. The van der Waals surface area contributed by atoms with Crippen molar-refractivity contribution >= 4 is 23.3 Å². The van der Waals surface area contributed by atoms with E-state index in [4.69, 9.17) is 14.0 Å². The van der Waals surface area contributed by atoms with Crippen molar-refractivity contribution in [2.75, 3.05) is 18.6 Å². The zero-order valence-corrected chi connectivity index (χ0v) is 17.9. The van der Waals surface area contributed by atoms with Gasteiger partial charge in [0.2, 0.25) is 0 Å². The van der Waals surface area contributed by atoms with Crippen molar-refractivity contribution in [3.8, 4) is 11.5 Å². The second kappa shape index (κ2) is 8.58. The van der Waals surface area contributed by atoms with Crippen LogP contribution in [-0.4, -0.2) is 35.7 Å². The Morgan fingerprint density at radius 3 is 2.50 bits per heavy atom. The van der Waals surface area contributed by atoms with Crippen molar-refractivity contribution in [2.24, 2.45) is 0 Å². The van der Waals surface area contributed by atoms with Crippen LogP contribution in [-0.2, 0) is 9.59 Å². The van der Waals surface area contributed by atoms with Gasteiger partial charge in [-0.3, -0.25) is 14.5 Å². The number of aryl methyl sites for hydroxylation is 1. The fraction of sp³-hybridized carbons (Fsp3) is 0.208. The molecule has 2 aromatic carbocycles. The third kappa shape index (κ3) is 3.60. The minimum Gasteiger partial charge on any atom is -0.507 e. The van der Waals surface area contributed by atoms with Gasteiger partial charge in [0.1, 0.15) is 29.1 Å². The Morgan fingerprint density at radius 1 is 1.16 bits per heavy atom. The van der Waals surface area contributed by atoms with E-state index < -0.39 is 17.7 Å². The zero-order valence-electron chi connectivity index (χ0n) is 17.9. The van der Waals surface area contributed by atoms with Crippen LogP contribution >= 0.6 is 0 Å². The van der Waals surface area contributed by atoms with E-state index in [0.717, 1.165) is 0 Å². The van der Waals surface area contributed by atoms with Gasteiger partial charge in [-0.1, -0.05) is 23.4 Å². The number of carbonyl (C=O) groups excluding carboxylic acids is 2. The van der Waals surface area contributed by atoms with Crippen molar-refractivity contribution in [2.45, 2.75) is 19.9 Å². The van der Waals surface area contributed by atoms with Crippen molar-refractivity contribution in [3.05, 3.63) is 77.1 Å². The summed E-state index contributed by atoms with van der Waals surface area (Å²) in [5, 5.41) is 15.1. The van der Waals surface area contributed by atoms with E-state index in [-0.39, 0.29) is 17.2 Å². The number of para-hydroxylation sites is 1. The van der Waals surface area contributed by atoms with Gasteiger partial charge in [-0.25, -0.2) is 0 Å². The number of aliphatic hydroxyl groups excluding tert-OH is 1. The molecule has 32 heavy (non-hydrogen) atoms. The van der Waals surface area contributed by atoms with Gasteiger partial charge in [-0.15, -0.1) is 0 Å². The fourth-order valence-electron chi connectivity index (χ4n) is 3.75. The number of ether oxygens (including phenoxy) is 2. The highest BCUT2D eigenvalue weighted by Crippen LogP contribution is 2.44. The predicted octanol–water partition coefficient (Wildman–Crippen LogP) is 4.02. The molecule has 0 aliphatic carbocycles. The molecule has 164 valence electrons. The summed E-state index contributed by atoms with van der Waals surface area (Å²) in [6.07, 6.45) is 0. The standard InChI is InChI=1S/C24H22N2O6/c1-4-31-16-11-9-15(10-12-16)22(27)20-21(17-7-5-6-8-18(17)30-3)26(24(29)23(20)28)19-13-14(2)32-25-19/h5-13,21,27H,4H2,1-3H3/b22-20-. The third-order valence-corrected chi connectivity index (χ3v) is 5.18. The minimum absolute atomic E-state index is 0.0655. The lowest BCUT2D eigenvalue weighted by Gasteiger charge is -2.24. The second-order valence-corrected chi connectivity index (χ2v) is 7.16. The van der Waals surface area contributed by atoms with Crippen LogP contribution in [0.5, 0.6) is 11.5 Å². The molecule has 1 aromatic heterocycles. The number of ketones is 1. The topological polar surface area (TPSA) is 102 Å². The lowest BCUT2D eigenvalue weighted by molar-refractivity contribution is -0.132. The summed E-state index contributed by atoms with van der Waals surface area (Å²) in [6.45, 7) is 4.06. The van der Waals surface area contributed by atoms with Crippen molar-refractivity contribution in [1.82, 2.24) is 5.16 Å². The fourth-order valence-corrected chi connectivity index (χ4v) is 3.75. The summed E-state index contributed by atoms with van der Waals surface area (Å²) in [7, 11) is 1.50. The lowest BCUT2D eigenvalue weighted by atomic mass is 9.94. The maximum absolute atomic E-state index is 13.1. The number of Topliss-reactive ketones (excluding diaryl/α,β-unsaturated/α-hetero) is 1. The van der Waals surface area contributed by atoms with Gasteiger partial charge >= 0.3 is 5.91 Å². The molecular weight excluding hydrogens is 412 g/mol. The average molecular weight is 434 g/mol. The normalized spacial score (nSPS) is 17.6. The maximum atomic E-state index is 13.1. The number of anilines is 1. The number of carbonyl (C=O) groups is 2. The highest BCUT2D eigenvalue weighted by molar-refractivity contribution is 6.51. The summed E-state index contributed by atoms with van der Waals surface area (Å²) in [6, 6.07) is 14.2. The molecule has 0 radical (unpaired) electrons. The molecule has 3 aromatic rings. The average Bonchev–Trinajstić information content (AvgIpc) is 3.34. The first-order chi connectivity index (χ1) is 15.5. The number of nitrogens with zero attached hydrogens (tertiary/aromatic N) is 2. The molecule has 8 heteroatoms. The van der Waals surface area contributed by atoms with E-state index in [1.807, 2.05) is 6.92 Å². The van der Waals surface area contributed by atoms with Gasteiger partial charge in [0.15, 0.2) is 5.82 Å². The Morgan fingerprint density at radius 2 is 1.88 bits per heavy atom. The number of methoxy groups -OCH3 is 1. The van der Waals surface area contributed by atoms with Crippen LogP contribution in [0.15, 0.2) is 64.7 Å². The van der Waals surface area contributed by atoms with Crippen LogP contribution in [0.25, 0.3) is 5.76 Å². The molecule has 0 saturated carbocycles. The highest BCUT2D eigenvalue weighted by Gasteiger charge is 2.49. The molecule has 1 amide bonds. The summed E-state index contributed by atoms with van der Waals surface area (Å²) in [5.74, 6) is -0.204. The van der Waals surface area contributed by atoms with Crippen LogP contribution in [0.4, 0.5) is 5.82 Å². The molecule has 1 unspecified atom stereocenters. The Bertz CT molecular complexity index is 1200. The van der Waals surface area contributed by atoms with E-state index in [9.17, 15) is 14.7 Å². The summed E-state index contributed by atoms with van der Waals surface area (Å²) in [5.41, 5.74) is 0.842. The lowest BCUT2D eigenvalue weighted by Crippen LogP contribution is -2.29. The molecule has 0 bridgehead atoms. The number of amides is 1. The van der Waals surface area contributed by atoms with Crippen molar-refractivity contribution in [1.29, 1.82) is 0 Å². The number of aliphatic hydroxyl groups is 1. The van der Waals surface area contributed by atoms with Gasteiger partial charge in [0.05, 0.1) is 19.3 Å². The van der Waals surface area contributed by atoms with Crippen LogP contribution in [0, 0.1) is 6.92 Å². The van der Waals surface area contributed by atoms with Gasteiger partial charge < -0.3 is 19.1 Å². The van der Waals surface area contributed by atoms with E-state index >= 15 is 0 Å². The second-order valence-electron chi connectivity index (χ2n) is 7.16. The monoisotopic (exact) mass is 434 g/mol. The first-order valence-electron chi connectivity index (χ1n) is 10.1. The Balaban J connectivity index is 1.91. The Kier molecular flexibility index (Phi) is 5.68. The van der Waals surface area contributed by atoms with E-state index in [2.05, 4.69) is 5.16 Å². The number of aromatic nitrogens is 1. The first kappa shape index (κ1) is 21.2. The van der Waals surface area contributed by atoms with E-state index in [0.29, 0.717) is 35.0 Å². The van der Waals surface area contributed by atoms with Crippen LogP contribution in [0.1, 0.15) is 29.9 Å². The number of rotatable bonds is 6. The molecule has 2 heterocycles. The maximum Gasteiger partial charge on any atom is 0.301 e. The number of hydrogen-bond donors (Lipinski definition) is 1. The van der Waals surface area contributed by atoms with Gasteiger partial charge in [-0.05, 0) is 44.2 Å². The Hall–Kier alpha value is -4.07. The first-order valence-corrected chi connectivity index (χ1v) is 10.1. The van der Waals surface area contributed by atoms with Crippen molar-refractivity contribution in [3.63, 3.8) is 0 Å². The van der Waals surface area contributed by atoms with Crippen molar-refractivity contribution < 1.29 is 28.7 Å². The zero-order chi connectivity index (χ0) is 22.8. The molecule has 0 spiro atoms. The van der Waals surface area contributed by atoms with Gasteiger partial charge in [0.25, 0.3) is 5.78 Å². The SMILES string of the molecule is CCOc1ccc(/C(O)=C2/C(=O)C(=O)N(c3cc(C)on3)C2c2ccccc2OC)cc1. The molecule has 4 rings (SSSR count). The number of benzene rings is 2. The summed E-state index contributed by atoms with van der Waals surface area (Å²) < 4.78 is 16.1. The molecule has 8 nitrogen and oxygen atoms in total. The summed E-state index contributed by atoms with van der Waals surface area (Å²) in [4.78, 5) is 27.4. The smallest absolute Gasteiger partial charge is 0.301 e. The molecule has 1 N–H and O–H groups in total. The molecule has 1 aliphatic rings. The third-order valence-electron chi connectivity index (χ3n) is 5.18. The molecule has 1 atom stereocenters. The largest absolute Gasteiger partial charge is 0.507 e. The Labute approximate surface area is 184 Å². The summed E-state index contributed by atoms with van der Waals surface area (Å²) >= 11 is 0. The molecule has 1 fully saturated rings.